The quantitative estimate of drug-likeness (QED) is 0.869. The van der Waals surface area contributed by atoms with E-state index in [9.17, 15) is 9.00 Å². The third-order valence-corrected chi connectivity index (χ3v) is 4.15. The van der Waals surface area contributed by atoms with Gasteiger partial charge in [-0.05, 0) is 32.9 Å². The van der Waals surface area contributed by atoms with Gasteiger partial charge in [0.05, 0.1) is 12.7 Å². The average Bonchev–Trinajstić information content (AvgIpc) is 2.68. The lowest BCUT2D eigenvalue weighted by atomic mass is 10.3. The average molecular weight is 257 g/mol. The molecule has 0 spiro atoms. The number of nitrogens with one attached hydrogen (secondary N) is 1. The number of carbonyl (C=O) groups excluding carboxylic acids is 1. The third-order valence-electron chi connectivity index (χ3n) is 2.21. The second-order valence-electron chi connectivity index (χ2n) is 4.77. The highest BCUT2D eigenvalue weighted by Crippen LogP contribution is 2.10. The summed E-state index contributed by atoms with van der Waals surface area (Å²) >= 11 is 0. The molecule has 1 aromatic heterocycles. The van der Waals surface area contributed by atoms with E-state index in [2.05, 4.69) is 5.32 Å². The van der Waals surface area contributed by atoms with E-state index in [1.165, 1.54) is 6.26 Å². The fraction of sp³-hybridized carbons (Fsp3) is 0.583. The molecule has 1 unspecified atom stereocenters. The molecule has 17 heavy (non-hydrogen) atoms. The molecule has 1 heterocycles. The summed E-state index contributed by atoms with van der Waals surface area (Å²) in [6, 6.07) is 3.50. The standard InChI is InChI=1S/C12H19NO3S/c1-12(2,3)17(15)8-6-13-11(14)9-10-5-4-7-16-10/h4-5,7H,6,8-9H2,1-3H3,(H,13,14). The van der Waals surface area contributed by atoms with E-state index in [1.54, 1.807) is 12.1 Å². The molecule has 96 valence electrons. The van der Waals surface area contributed by atoms with Crippen molar-refractivity contribution < 1.29 is 13.4 Å². The zero-order valence-electron chi connectivity index (χ0n) is 10.5. The number of amides is 1. The van der Waals surface area contributed by atoms with Crippen LogP contribution in [0.25, 0.3) is 0 Å². The molecule has 0 saturated heterocycles. The second kappa shape index (κ2) is 6.00. The normalized spacial score (nSPS) is 13.4. The van der Waals surface area contributed by atoms with E-state index in [-0.39, 0.29) is 17.1 Å². The maximum atomic E-state index is 11.7. The van der Waals surface area contributed by atoms with Crippen LogP contribution in [0.4, 0.5) is 0 Å². The van der Waals surface area contributed by atoms with E-state index in [4.69, 9.17) is 4.42 Å². The zero-order valence-corrected chi connectivity index (χ0v) is 11.3. The number of hydrogen-bond donors (Lipinski definition) is 1. The fourth-order valence-electron chi connectivity index (χ4n) is 1.22. The number of carbonyl (C=O) groups is 1. The predicted molar refractivity (Wildman–Crippen MR) is 68.2 cm³/mol. The smallest absolute Gasteiger partial charge is 0.227 e. The van der Waals surface area contributed by atoms with Gasteiger partial charge in [0.1, 0.15) is 5.76 Å². The number of hydrogen-bond acceptors (Lipinski definition) is 3. The van der Waals surface area contributed by atoms with Crippen molar-refractivity contribution in [3.05, 3.63) is 24.2 Å². The minimum absolute atomic E-state index is 0.106. The zero-order chi connectivity index (χ0) is 12.9. The monoisotopic (exact) mass is 257 g/mol. The van der Waals surface area contributed by atoms with Crippen LogP contribution in [0.15, 0.2) is 22.8 Å². The van der Waals surface area contributed by atoms with Gasteiger partial charge in [-0.25, -0.2) is 0 Å². The van der Waals surface area contributed by atoms with Crippen LogP contribution in [-0.4, -0.2) is 27.2 Å². The fourth-order valence-corrected chi connectivity index (χ4v) is 2.12. The maximum Gasteiger partial charge on any atom is 0.227 e. The van der Waals surface area contributed by atoms with Gasteiger partial charge in [-0.15, -0.1) is 0 Å². The Morgan fingerprint density at radius 1 is 1.47 bits per heavy atom. The van der Waals surface area contributed by atoms with Gasteiger partial charge in [-0.3, -0.25) is 9.00 Å². The molecule has 0 aromatic carbocycles. The lowest BCUT2D eigenvalue weighted by Crippen LogP contribution is -2.33. The molecule has 1 aromatic rings. The van der Waals surface area contributed by atoms with Gasteiger partial charge in [0, 0.05) is 27.8 Å². The molecule has 0 aliphatic rings. The van der Waals surface area contributed by atoms with E-state index >= 15 is 0 Å². The van der Waals surface area contributed by atoms with Crippen LogP contribution in [0.5, 0.6) is 0 Å². The third kappa shape index (κ3) is 5.17. The first-order chi connectivity index (χ1) is 7.89. The Kier molecular flexibility index (Phi) is 4.93. The van der Waals surface area contributed by atoms with Crippen LogP contribution in [0.2, 0.25) is 0 Å². The van der Waals surface area contributed by atoms with Crippen LogP contribution in [-0.2, 0) is 22.0 Å². The van der Waals surface area contributed by atoms with Crippen molar-refractivity contribution >= 4 is 16.7 Å². The molecular weight excluding hydrogens is 238 g/mol. The van der Waals surface area contributed by atoms with Gasteiger partial charge >= 0.3 is 0 Å². The highest BCUT2D eigenvalue weighted by atomic mass is 32.2. The Labute approximate surface area is 104 Å². The van der Waals surface area contributed by atoms with Crippen molar-refractivity contribution in [2.45, 2.75) is 31.9 Å². The van der Waals surface area contributed by atoms with E-state index in [0.29, 0.717) is 18.1 Å². The van der Waals surface area contributed by atoms with Gasteiger partial charge in [0.2, 0.25) is 5.91 Å². The first kappa shape index (κ1) is 14.0. The summed E-state index contributed by atoms with van der Waals surface area (Å²) in [5, 5.41) is 2.73. The van der Waals surface area contributed by atoms with Gasteiger partial charge in [0.15, 0.2) is 0 Å². The van der Waals surface area contributed by atoms with Gasteiger partial charge < -0.3 is 9.73 Å². The predicted octanol–water partition coefficient (Wildman–Crippen LogP) is 1.49. The topological polar surface area (TPSA) is 59.3 Å². The molecule has 1 amide bonds. The molecule has 1 rings (SSSR count). The summed E-state index contributed by atoms with van der Waals surface area (Å²) in [5.74, 6) is 1.01. The Bertz CT molecular complexity index is 379. The van der Waals surface area contributed by atoms with E-state index in [1.807, 2.05) is 20.8 Å². The van der Waals surface area contributed by atoms with E-state index < -0.39 is 10.8 Å². The molecule has 0 aliphatic carbocycles. The van der Waals surface area contributed by atoms with Gasteiger partial charge in [0.25, 0.3) is 0 Å². The highest BCUT2D eigenvalue weighted by molar-refractivity contribution is 7.86. The molecule has 0 bridgehead atoms. The van der Waals surface area contributed by atoms with Crippen LogP contribution < -0.4 is 5.32 Å². The Morgan fingerprint density at radius 3 is 2.71 bits per heavy atom. The van der Waals surface area contributed by atoms with Crippen LogP contribution in [0.3, 0.4) is 0 Å². The van der Waals surface area contributed by atoms with Gasteiger partial charge in [-0.2, -0.15) is 0 Å². The number of rotatable bonds is 5. The largest absolute Gasteiger partial charge is 0.469 e. The van der Waals surface area contributed by atoms with Crippen molar-refractivity contribution in [3.63, 3.8) is 0 Å². The molecule has 5 heteroatoms. The van der Waals surface area contributed by atoms with Crippen LogP contribution >= 0.6 is 0 Å². The van der Waals surface area contributed by atoms with Crippen molar-refractivity contribution in [1.82, 2.24) is 5.32 Å². The van der Waals surface area contributed by atoms with Crippen molar-refractivity contribution in [1.29, 1.82) is 0 Å². The number of furan rings is 1. The Balaban J connectivity index is 2.23. The SMILES string of the molecule is CC(C)(C)S(=O)CCNC(=O)Cc1ccco1. The molecule has 0 saturated carbocycles. The second-order valence-corrected chi connectivity index (χ2v) is 7.09. The summed E-state index contributed by atoms with van der Waals surface area (Å²) in [6.07, 6.45) is 1.77. The minimum Gasteiger partial charge on any atom is -0.469 e. The molecule has 0 radical (unpaired) electrons. The first-order valence-corrected chi connectivity index (χ1v) is 6.89. The summed E-state index contributed by atoms with van der Waals surface area (Å²) in [4.78, 5) is 11.5. The molecule has 1 atom stereocenters. The Morgan fingerprint density at radius 2 is 2.18 bits per heavy atom. The summed E-state index contributed by atoms with van der Waals surface area (Å²) in [7, 11) is -0.931. The summed E-state index contributed by atoms with van der Waals surface area (Å²) < 4.78 is 16.5. The minimum atomic E-state index is -0.931. The van der Waals surface area contributed by atoms with Gasteiger partial charge in [-0.1, -0.05) is 0 Å². The molecule has 4 nitrogen and oxygen atoms in total. The Hall–Kier alpha value is -1.10. The van der Waals surface area contributed by atoms with Crippen LogP contribution in [0, 0.1) is 0 Å². The summed E-state index contributed by atoms with van der Waals surface area (Å²) in [6.45, 7) is 6.21. The maximum absolute atomic E-state index is 11.7. The highest BCUT2D eigenvalue weighted by Gasteiger charge is 2.18. The van der Waals surface area contributed by atoms with Crippen molar-refractivity contribution in [2.24, 2.45) is 0 Å². The molecule has 0 fully saturated rings. The summed E-state index contributed by atoms with van der Waals surface area (Å²) in [5.41, 5.74) is 0. The van der Waals surface area contributed by atoms with Crippen LogP contribution in [0.1, 0.15) is 26.5 Å². The lowest BCUT2D eigenvalue weighted by molar-refractivity contribution is -0.120. The molecule has 0 aliphatic heterocycles. The van der Waals surface area contributed by atoms with Crippen molar-refractivity contribution in [3.8, 4) is 0 Å². The van der Waals surface area contributed by atoms with Crippen molar-refractivity contribution in [2.75, 3.05) is 12.3 Å². The first-order valence-electron chi connectivity index (χ1n) is 5.57. The van der Waals surface area contributed by atoms with E-state index in [0.717, 1.165) is 0 Å². The molecular formula is C12H19NO3S. The molecule has 1 N–H and O–H groups in total. The lowest BCUT2D eigenvalue weighted by Gasteiger charge is -2.17.